The van der Waals surface area contributed by atoms with E-state index >= 15 is 0 Å². The van der Waals surface area contributed by atoms with Gasteiger partial charge in [0, 0.05) is 26.1 Å². The summed E-state index contributed by atoms with van der Waals surface area (Å²) < 4.78 is 5.44. The topological polar surface area (TPSA) is 75.8 Å². The van der Waals surface area contributed by atoms with Gasteiger partial charge in [0.25, 0.3) is 0 Å². The second-order valence-electron chi connectivity index (χ2n) is 3.88. The lowest BCUT2D eigenvalue weighted by molar-refractivity contribution is -0.137. The van der Waals surface area contributed by atoms with Gasteiger partial charge >= 0.3 is 5.97 Å². The Labute approximate surface area is 90.2 Å². The molecule has 0 aromatic carbocycles. The van der Waals surface area contributed by atoms with Gasteiger partial charge in [0.15, 0.2) is 0 Å². The molecule has 1 fully saturated rings. The van der Waals surface area contributed by atoms with Crippen LogP contribution in [0.5, 0.6) is 0 Å². The van der Waals surface area contributed by atoms with Gasteiger partial charge in [-0.15, -0.1) is 0 Å². The van der Waals surface area contributed by atoms with E-state index in [4.69, 9.17) is 15.6 Å². The lowest BCUT2D eigenvalue weighted by Crippen LogP contribution is -2.45. The number of nitrogens with zero attached hydrogens (tertiary/aromatic N) is 1. The smallest absolute Gasteiger partial charge is 0.303 e. The standard InChI is InChI=1S/C10H20N2O3/c11-7-9-8-12(5-6-15-9)4-2-1-3-10(13)14/h9H,1-8,11H2,(H,13,14). The van der Waals surface area contributed by atoms with Gasteiger partial charge in [0.1, 0.15) is 0 Å². The van der Waals surface area contributed by atoms with Crippen LogP contribution < -0.4 is 5.73 Å². The first-order valence-electron chi connectivity index (χ1n) is 5.48. The van der Waals surface area contributed by atoms with Crippen molar-refractivity contribution in [3.8, 4) is 0 Å². The lowest BCUT2D eigenvalue weighted by atomic mass is 10.2. The summed E-state index contributed by atoms with van der Waals surface area (Å²) in [4.78, 5) is 12.6. The summed E-state index contributed by atoms with van der Waals surface area (Å²) in [5, 5.41) is 8.48. The van der Waals surface area contributed by atoms with Crippen molar-refractivity contribution in [3.05, 3.63) is 0 Å². The second kappa shape index (κ2) is 6.76. The predicted octanol–water partition coefficient (Wildman–Crippen LogP) is -0.0992. The van der Waals surface area contributed by atoms with Crippen LogP contribution in [0.4, 0.5) is 0 Å². The summed E-state index contributed by atoms with van der Waals surface area (Å²) >= 11 is 0. The highest BCUT2D eigenvalue weighted by Crippen LogP contribution is 2.06. The molecule has 0 saturated carbocycles. The maximum atomic E-state index is 10.3. The predicted molar refractivity (Wildman–Crippen MR) is 56.7 cm³/mol. The molecule has 1 heterocycles. The molecule has 1 atom stereocenters. The summed E-state index contributed by atoms with van der Waals surface area (Å²) in [5.74, 6) is -0.711. The van der Waals surface area contributed by atoms with Gasteiger partial charge in [0.2, 0.25) is 0 Å². The Morgan fingerprint density at radius 3 is 3.00 bits per heavy atom. The van der Waals surface area contributed by atoms with Crippen LogP contribution in [-0.2, 0) is 9.53 Å². The maximum absolute atomic E-state index is 10.3. The zero-order chi connectivity index (χ0) is 11.1. The van der Waals surface area contributed by atoms with Gasteiger partial charge in [-0.25, -0.2) is 0 Å². The summed E-state index contributed by atoms with van der Waals surface area (Å²) in [6.07, 6.45) is 2.10. The molecule has 1 aliphatic rings. The minimum Gasteiger partial charge on any atom is -0.481 e. The molecule has 0 spiro atoms. The van der Waals surface area contributed by atoms with Gasteiger partial charge in [0.05, 0.1) is 12.7 Å². The molecule has 1 unspecified atom stereocenters. The van der Waals surface area contributed by atoms with E-state index in [-0.39, 0.29) is 12.5 Å². The van der Waals surface area contributed by atoms with Crippen LogP contribution in [0.2, 0.25) is 0 Å². The number of morpholine rings is 1. The second-order valence-corrected chi connectivity index (χ2v) is 3.88. The molecule has 5 heteroatoms. The molecule has 3 N–H and O–H groups in total. The van der Waals surface area contributed by atoms with E-state index < -0.39 is 5.97 Å². The van der Waals surface area contributed by atoms with Crippen LogP contribution in [0.3, 0.4) is 0 Å². The fourth-order valence-electron chi connectivity index (χ4n) is 1.74. The van der Waals surface area contributed by atoms with E-state index in [1.807, 2.05) is 0 Å². The molecule has 1 rings (SSSR count). The Balaban J connectivity index is 2.07. The van der Waals surface area contributed by atoms with Crippen molar-refractivity contribution in [2.45, 2.75) is 25.4 Å². The summed E-state index contributed by atoms with van der Waals surface area (Å²) in [6, 6.07) is 0. The quantitative estimate of drug-likeness (QED) is 0.606. The highest BCUT2D eigenvalue weighted by atomic mass is 16.5. The van der Waals surface area contributed by atoms with Crippen LogP contribution in [0.1, 0.15) is 19.3 Å². The third-order valence-electron chi connectivity index (χ3n) is 2.60. The Bertz CT molecular complexity index is 199. The van der Waals surface area contributed by atoms with Gasteiger partial charge in [-0.05, 0) is 19.4 Å². The first kappa shape index (κ1) is 12.4. The Kier molecular flexibility index (Phi) is 5.60. The third-order valence-corrected chi connectivity index (χ3v) is 2.60. The number of rotatable bonds is 6. The molecule has 0 aromatic rings. The summed E-state index contributed by atoms with van der Waals surface area (Å²) in [6.45, 7) is 4.06. The molecule has 5 nitrogen and oxygen atoms in total. The van der Waals surface area contributed by atoms with E-state index in [1.165, 1.54) is 0 Å². The van der Waals surface area contributed by atoms with Crippen molar-refractivity contribution in [3.63, 3.8) is 0 Å². The summed E-state index contributed by atoms with van der Waals surface area (Å²) in [5.41, 5.74) is 5.53. The third kappa shape index (κ3) is 5.11. The largest absolute Gasteiger partial charge is 0.481 e. The Hall–Kier alpha value is -0.650. The molecule has 88 valence electrons. The number of carboxylic acid groups (broad SMARTS) is 1. The van der Waals surface area contributed by atoms with Crippen molar-refractivity contribution in [1.29, 1.82) is 0 Å². The molecule has 0 bridgehead atoms. The molecule has 0 radical (unpaired) electrons. The fourth-order valence-corrected chi connectivity index (χ4v) is 1.74. The average Bonchev–Trinajstić information content (AvgIpc) is 2.24. The molecule has 0 aromatic heterocycles. The van der Waals surface area contributed by atoms with Gasteiger partial charge < -0.3 is 15.6 Å². The molecule has 0 amide bonds. The first-order valence-corrected chi connectivity index (χ1v) is 5.48. The molecular weight excluding hydrogens is 196 g/mol. The summed E-state index contributed by atoms with van der Waals surface area (Å²) in [7, 11) is 0. The number of ether oxygens (including phenoxy) is 1. The molecule has 0 aliphatic carbocycles. The van der Waals surface area contributed by atoms with Crippen LogP contribution in [0, 0.1) is 0 Å². The number of unbranched alkanes of at least 4 members (excludes halogenated alkanes) is 1. The molecule has 1 saturated heterocycles. The van der Waals surface area contributed by atoms with Gasteiger partial charge in [-0.1, -0.05) is 0 Å². The maximum Gasteiger partial charge on any atom is 0.303 e. The number of carbonyl (C=O) groups is 1. The average molecular weight is 216 g/mol. The minimum atomic E-state index is -0.711. The van der Waals surface area contributed by atoms with E-state index in [1.54, 1.807) is 0 Å². The van der Waals surface area contributed by atoms with E-state index in [0.29, 0.717) is 6.54 Å². The SMILES string of the molecule is NCC1CN(CCCCC(=O)O)CCO1. The number of aliphatic carboxylic acids is 1. The van der Waals surface area contributed by atoms with Crippen molar-refractivity contribution in [2.24, 2.45) is 5.73 Å². The van der Waals surface area contributed by atoms with Crippen molar-refractivity contribution in [2.75, 3.05) is 32.8 Å². The Morgan fingerprint density at radius 2 is 2.33 bits per heavy atom. The van der Waals surface area contributed by atoms with Gasteiger partial charge in [-0.3, -0.25) is 9.69 Å². The van der Waals surface area contributed by atoms with Crippen LogP contribution in [0.15, 0.2) is 0 Å². The number of nitrogens with two attached hydrogens (primary N) is 1. The minimum absolute atomic E-state index is 0.151. The Morgan fingerprint density at radius 1 is 1.53 bits per heavy atom. The highest BCUT2D eigenvalue weighted by Gasteiger charge is 2.18. The number of hydrogen-bond acceptors (Lipinski definition) is 4. The molecule has 1 aliphatic heterocycles. The lowest BCUT2D eigenvalue weighted by Gasteiger charge is -2.32. The van der Waals surface area contributed by atoms with Gasteiger partial charge in [-0.2, -0.15) is 0 Å². The monoisotopic (exact) mass is 216 g/mol. The van der Waals surface area contributed by atoms with Crippen LogP contribution in [-0.4, -0.2) is 54.9 Å². The van der Waals surface area contributed by atoms with Crippen molar-refractivity contribution >= 4 is 5.97 Å². The molecular formula is C10H20N2O3. The highest BCUT2D eigenvalue weighted by molar-refractivity contribution is 5.66. The molecule has 15 heavy (non-hydrogen) atoms. The number of hydrogen-bond donors (Lipinski definition) is 2. The van der Waals surface area contributed by atoms with E-state index in [9.17, 15) is 4.79 Å². The van der Waals surface area contributed by atoms with E-state index in [2.05, 4.69) is 4.90 Å². The normalized spacial score (nSPS) is 22.9. The first-order chi connectivity index (χ1) is 7.22. The zero-order valence-electron chi connectivity index (χ0n) is 9.02. The number of carboxylic acids is 1. The van der Waals surface area contributed by atoms with Crippen molar-refractivity contribution in [1.82, 2.24) is 4.90 Å². The van der Waals surface area contributed by atoms with Crippen LogP contribution in [0.25, 0.3) is 0 Å². The van der Waals surface area contributed by atoms with Crippen LogP contribution >= 0.6 is 0 Å². The fraction of sp³-hybridized carbons (Fsp3) is 0.900. The van der Waals surface area contributed by atoms with Crippen molar-refractivity contribution < 1.29 is 14.6 Å². The van der Waals surface area contributed by atoms with E-state index in [0.717, 1.165) is 39.1 Å². The zero-order valence-corrected chi connectivity index (χ0v) is 9.02.